The van der Waals surface area contributed by atoms with E-state index >= 15 is 0 Å². The number of hydrogen-bond acceptors (Lipinski definition) is 4. The van der Waals surface area contributed by atoms with Crippen molar-refractivity contribution >= 4 is 38.7 Å². The maximum absolute atomic E-state index is 13.7. The molecule has 0 spiro atoms. The minimum absolute atomic E-state index is 0.0210. The maximum Gasteiger partial charge on any atom is 0.240 e. The van der Waals surface area contributed by atoms with E-state index in [1.165, 1.54) is 43.4 Å². The Morgan fingerprint density at radius 2 is 1.95 bits per heavy atom. The fourth-order valence-electron chi connectivity index (χ4n) is 1.69. The van der Waals surface area contributed by atoms with Crippen molar-refractivity contribution < 1.29 is 12.8 Å². The summed E-state index contributed by atoms with van der Waals surface area (Å²) >= 11 is 5.91. The van der Waals surface area contributed by atoms with Gasteiger partial charge in [-0.05, 0) is 37.4 Å². The van der Waals surface area contributed by atoms with Crippen LogP contribution in [0.15, 0.2) is 41.3 Å². The predicted octanol–water partition coefficient (Wildman–Crippen LogP) is 2.71. The first-order valence-corrected chi connectivity index (χ1v) is 7.75. The third-order valence-corrected chi connectivity index (χ3v) is 4.55. The minimum Gasteiger partial charge on any atom is -0.397 e. The average molecular weight is 330 g/mol. The number of anilines is 3. The predicted molar refractivity (Wildman–Crippen MR) is 81.8 cm³/mol. The van der Waals surface area contributed by atoms with Gasteiger partial charge in [-0.1, -0.05) is 17.7 Å². The molecule has 0 bridgehead atoms. The standard InChI is InChI=1S/C13H13ClFN3O2S/c1-17-21(19,20)8-5-6-12(11(16)7-8)18-13-9(14)3-2-4-10(13)15/h2-7,17-18H,16H2,1H3. The molecule has 2 rings (SSSR count). The molecule has 0 aromatic heterocycles. The van der Waals surface area contributed by atoms with Crippen molar-refractivity contribution in [1.82, 2.24) is 4.72 Å². The van der Waals surface area contributed by atoms with Gasteiger partial charge in [-0.15, -0.1) is 0 Å². The fraction of sp³-hybridized carbons (Fsp3) is 0.0769. The number of rotatable bonds is 4. The second-order valence-electron chi connectivity index (χ2n) is 4.18. The number of nitrogens with two attached hydrogens (primary N) is 1. The normalized spacial score (nSPS) is 11.4. The van der Waals surface area contributed by atoms with Crippen LogP contribution in [-0.4, -0.2) is 15.5 Å². The Bertz CT molecular complexity index is 761. The summed E-state index contributed by atoms with van der Waals surface area (Å²) in [4.78, 5) is 0.0210. The molecule has 0 amide bonds. The van der Waals surface area contributed by atoms with E-state index in [0.717, 1.165) is 0 Å². The fourth-order valence-corrected chi connectivity index (χ4v) is 2.67. The molecule has 0 unspecified atom stereocenters. The van der Waals surface area contributed by atoms with E-state index in [1.807, 2.05) is 0 Å². The molecule has 0 fully saturated rings. The zero-order valence-corrected chi connectivity index (χ0v) is 12.6. The van der Waals surface area contributed by atoms with Crippen molar-refractivity contribution in [2.45, 2.75) is 4.90 Å². The molecule has 0 aliphatic rings. The van der Waals surface area contributed by atoms with Crippen molar-refractivity contribution in [2.24, 2.45) is 0 Å². The molecule has 8 heteroatoms. The van der Waals surface area contributed by atoms with Gasteiger partial charge in [-0.2, -0.15) is 0 Å². The maximum atomic E-state index is 13.7. The molecule has 0 saturated heterocycles. The van der Waals surface area contributed by atoms with Gasteiger partial charge in [0, 0.05) is 0 Å². The summed E-state index contributed by atoms with van der Waals surface area (Å²) in [5, 5.41) is 2.95. The summed E-state index contributed by atoms with van der Waals surface area (Å²) in [5.74, 6) is -0.533. The number of halogens is 2. The van der Waals surface area contributed by atoms with E-state index < -0.39 is 15.8 Å². The molecule has 112 valence electrons. The Morgan fingerprint density at radius 3 is 2.52 bits per heavy atom. The monoisotopic (exact) mass is 329 g/mol. The zero-order chi connectivity index (χ0) is 15.6. The van der Waals surface area contributed by atoms with Crippen LogP contribution in [0.4, 0.5) is 21.5 Å². The van der Waals surface area contributed by atoms with Gasteiger partial charge < -0.3 is 11.1 Å². The lowest BCUT2D eigenvalue weighted by molar-refractivity contribution is 0.588. The highest BCUT2D eigenvalue weighted by Crippen LogP contribution is 2.31. The second-order valence-corrected chi connectivity index (χ2v) is 6.47. The minimum atomic E-state index is -3.58. The van der Waals surface area contributed by atoms with Crippen LogP contribution < -0.4 is 15.8 Å². The van der Waals surface area contributed by atoms with Gasteiger partial charge in [-0.3, -0.25) is 0 Å². The number of nitrogen functional groups attached to an aromatic ring is 1. The van der Waals surface area contributed by atoms with Crippen molar-refractivity contribution in [2.75, 3.05) is 18.1 Å². The van der Waals surface area contributed by atoms with Crippen LogP contribution in [0.3, 0.4) is 0 Å². The van der Waals surface area contributed by atoms with E-state index in [-0.39, 0.29) is 21.3 Å². The third-order valence-electron chi connectivity index (χ3n) is 2.82. The number of sulfonamides is 1. The summed E-state index contributed by atoms with van der Waals surface area (Å²) in [6.45, 7) is 0. The molecule has 2 aromatic rings. The van der Waals surface area contributed by atoms with E-state index in [2.05, 4.69) is 10.0 Å². The van der Waals surface area contributed by atoms with Crippen LogP contribution in [0, 0.1) is 5.82 Å². The third kappa shape index (κ3) is 3.26. The van der Waals surface area contributed by atoms with Crippen LogP contribution in [-0.2, 0) is 10.0 Å². The number of benzene rings is 2. The van der Waals surface area contributed by atoms with Gasteiger partial charge in [0.05, 0.1) is 27.0 Å². The second kappa shape index (κ2) is 5.88. The Morgan fingerprint density at radius 1 is 1.24 bits per heavy atom. The molecule has 0 aliphatic carbocycles. The smallest absolute Gasteiger partial charge is 0.240 e. The number of para-hydroxylation sites is 1. The molecule has 0 atom stereocenters. The van der Waals surface area contributed by atoms with E-state index in [1.54, 1.807) is 0 Å². The SMILES string of the molecule is CNS(=O)(=O)c1ccc(Nc2c(F)cccc2Cl)c(N)c1. The Labute approximate surface area is 127 Å². The summed E-state index contributed by atoms with van der Waals surface area (Å²) < 4.78 is 39.2. The van der Waals surface area contributed by atoms with Gasteiger partial charge in [-0.25, -0.2) is 17.5 Å². The van der Waals surface area contributed by atoms with Crippen molar-refractivity contribution in [1.29, 1.82) is 0 Å². The van der Waals surface area contributed by atoms with Crippen LogP contribution in [0.25, 0.3) is 0 Å². The van der Waals surface area contributed by atoms with Crippen LogP contribution in [0.2, 0.25) is 5.02 Å². The van der Waals surface area contributed by atoms with Crippen molar-refractivity contribution in [3.05, 3.63) is 47.2 Å². The molecule has 21 heavy (non-hydrogen) atoms. The first kappa shape index (κ1) is 15.6. The average Bonchev–Trinajstić information content (AvgIpc) is 2.44. The Hall–Kier alpha value is -1.83. The van der Waals surface area contributed by atoms with Crippen molar-refractivity contribution in [3.8, 4) is 0 Å². The quantitative estimate of drug-likeness (QED) is 0.753. The van der Waals surface area contributed by atoms with Crippen LogP contribution in [0.1, 0.15) is 0 Å². The first-order chi connectivity index (χ1) is 9.85. The first-order valence-electron chi connectivity index (χ1n) is 5.89. The summed E-state index contributed by atoms with van der Waals surface area (Å²) in [7, 11) is -2.28. The van der Waals surface area contributed by atoms with Gasteiger partial charge in [0.25, 0.3) is 0 Å². The highest BCUT2D eigenvalue weighted by molar-refractivity contribution is 7.89. The highest BCUT2D eigenvalue weighted by atomic mass is 35.5. The Kier molecular flexibility index (Phi) is 4.36. The molecule has 0 saturated carbocycles. The van der Waals surface area contributed by atoms with Gasteiger partial charge in [0.15, 0.2) is 0 Å². The highest BCUT2D eigenvalue weighted by Gasteiger charge is 2.14. The lowest BCUT2D eigenvalue weighted by Gasteiger charge is -2.13. The van der Waals surface area contributed by atoms with Gasteiger partial charge >= 0.3 is 0 Å². The molecule has 4 N–H and O–H groups in total. The molecule has 5 nitrogen and oxygen atoms in total. The number of nitrogens with one attached hydrogen (secondary N) is 2. The lowest BCUT2D eigenvalue weighted by Crippen LogP contribution is -2.18. The molecule has 0 aliphatic heterocycles. The Balaban J connectivity index is 2.39. The van der Waals surface area contributed by atoms with E-state index in [9.17, 15) is 12.8 Å². The molecule has 2 aromatic carbocycles. The molecule has 0 radical (unpaired) electrons. The van der Waals surface area contributed by atoms with Crippen LogP contribution >= 0.6 is 11.6 Å². The number of hydrogen-bond donors (Lipinski definition) is 3. The largest absolute Gasteiger partial charge is 0.397 e. The topological polar surface area (TPSA) is 84.2 Å². The lowest BCUT2D eigenvalue weighted by atomic mass is 10.2. The zero-order valence-electron chi connectivity index (χ0n) is 11.0. The summed E-state index contributed by atoms with van der Waals surface area (Å²) in [6, 6.07) is 8.35. The summed E-state index contributed by atoms with van der Waals surface area (Å²) in [5.41, 5.74) is 6.40. The van der Waals surface area contributed by atoms with Gasteiger partial charge in [0.2, 0.25) is 10.0 Å². The van der Waals surface area contributed by atoms with Crippen molar-refractivity contribution in [3.63, 3.8) is 0 Å². The molecular weight excluding hydrogens is 317 g/mol. The molecular formula is C13H13ClFN3O2S. The van der Waals surface area contributed by atoms with E-state index in [0.29, 0.717) is 5.69 Å². The van der Waals surface area contributed by atoms with Crippen LogP contribution in [0.5, 0.6) is 0 Å². The summed E-state index contributed by atoms with van der Waals surface area (Å²) in [6.07, 6.45) is 0. The van der Waals surface area contributed by atoms with Gasteiger partial charge in [0.1, 0.15) is 5.82 Å². The molecule has 0 heterocycles. The van der Waals surface area contributed by atoms with E-state index in [4.69, 9.17) is 17.3 Å².